The highest BCUT2D eigenvalue weighted by atomic mass is 16.5. The first-order chi connectivity index (χ1) is 11.1. The molecule has 0 saturated heterocycles. The van der Waals surface area contributed by atoms with Gasteiger partial charge in [-0.05, 0) is 38.0 Å². The molecule has 3 heteroatoms. The zero-order valence-corrected chi connectivity index (χ0v) is 14.3. The maximum atomic E-state index is 10.3. The summed E-state index contributed by atoms with van der Waals surface area (Å²) in [5.74, 6) is 0.839. The highest BCUT2D eigenvalue weighted by molar-refractivity contribution is 5.31. The Morgan fingerprint density at radius 1 is 1.00 bits per heavy atom. The predicted molar refractivity (Wildman–Crippen MR) is 94.7 cm³/mol. The first-order valence-electron chi connectivity index (χ1n) is 8.20. The Balaban J connectivity index is 1.88. The predicted octanol–water partition coefficient (Wildman–Crippen LogP) is 3.65. The van der Waals surface area contributed by atoms with E-state index in [0.717, 1.165) is 17.9 Å². The topological polar surface area (TPSA) is 32.7 Å². The summed E-state index contributed by atoms with van der Waals surface area (Å²) in [6, 6.07) is 18.6. The van der Waals surface area contributed by atoms with Gasteiger partial charge in [0.2, 0.25) is 0 Å². The molecule has 0 heterocycles. The van der Waals surface area contributed by atoms with Crippen LogP contribution in [0.25, 0.3) is 0 Å². The van der Waals surface area contributed by atoms with Crippen LogP contribution >= 0.6 is 0 Å². The normalized spacial score (nSPS) is 12.6. The lowest BCUT2D eigenvalue weighted by atomic mass is 10.1. The minimum atomic E-state index is -0.513. The molecule has 124 valence electrons. The average molecular weight is 313 g/mol. The van der Waals surface area contributed by atoms with Crippen LogP contribution in [0.1, 0.15) is 25.0 Å². The van der Waals surface area contributed by atoms with Gasteiger partial charge in [-0.3, -0.25) is 4.90 Å². The Bertz CT molecular complexity index is 583. The van der Waals surface area contributed by atoms with Gasteiger partial charge in [0.15, 0.2) is 0 Å². The molecule has 1 atom stereocenters. The maximum Gasteiger partial charge on any atom is 0.122 e. The molecule has 0 saturated carbocycles. The minimum Gasteiger partial charge on any atom is -0.491 e. The Kier molecular flexibility index (Phi) is 6.63. The molecule has 2 aromatic rings. The zero-order valence-electron chi connectivity index (χ0n) is 14.3. The summed E-state index contributed by atoms with van der Waals surface area (Å²) >= 11 is 0. The molecule has 0 aliphatic rings. The van der Waals surface area contributed by atoms with Gasteiger partial charge in [-0.1, -0.05) is 48.5 Å². The molecule has 2 aromatic carbocycles. The number of benzene rings is 2. The Morgan fingerprint density at radius 3 is 2.30 bits per heavy atom. The first-order valence-corrected chi connectivity index (χ1v) is 8.20. The van der Waals surface area contributed by atoms with Crippen LogP contribution in [0.2, 0.25) is 0 Å². The summed E-state index contributed by atoms with van der Waals surface area (Å²) in [4.78, 5) is 2.27. The van der Waals surface area contributed by atoms with Crippen LogP contribution in [0.15, 0.2) is 54.6 Å². The molecule has 0 aliphatic heterocycles. The Hall–Kier alpha value is -1.84. The highest BCUT2D eigenvalue weighted by Crippen LogP contribution is 2.16. The quantitative estimate of drug-likeness (QED) is 0.807. The smallest absolute Gasteiger partial charge is 0.122 e. The van der Waals surface area contributed by atoms with E-state index in [2.05, 4.69) is 30.9 Å². The van der Waals surface area contributed by atoms with E-state index in [4.69, 9.17) is 4.74 Å². The molecular weight excluding hydrogens is 286 g/mol. The third-order valence-corrected chi connectivity index (χ3v) is 3.93. The summed E-state index contributed by atoms with van der Waals surface area (Å²) in [6.07, 6.45) is -0.513. The van der Waals surface area contributed by atoms with E-state index in [9.17, 15) is 5.11 Å². The minimum absolute atomic E-state index is 0.308. The van der Waals surface area contributed by atoms with Crippen LogP contribution in [-0.2, 0) is 6.54 Å². The van der Waals surface area contributed by atoms with E-state index in [0.29, 0.717) is 19.2 Å². The van der Waals surface area contributed by atoms with E-state index in [-0.39, 0.29) is 0 Å². The molecule has 0 aromatic heterocycles. The van der Waals surface area contributed by atoms with Gasteiger partial charge >= 0.3 is 0 Å². The molecule has 0 aliphatic carbocycles. The molecule has 0 fully saturated rings. The third-order valence-electron chi connectivity index (χ3n) is 3.93. The molecule has 0 unspecified atom stereocenters. The van der Waals surface area contributed by atoms with Crippen LogP contribution in [0, 0.1) is 6.92 Å². The number of hydrogen-bond acceptors (Lipinski definition) is 3. The van der Waals surface area contributed by atoms with Crippen LogP contribution < -0.4 is 4.74 Å². The highest BCUT2D eigenvalue weighted by Gasteiger charge is 2.16. The van der Waals surface area contributed by atoms with Crippen molar-refractivity contribution in [3.63, 3.8) is 0 Å². The van der Waals surface area contributed by atoms with Gasteiger partial charge in [0.25, 0.3) is 0 Å². The summed E-state index contributed by atoms with van der Waals surface area (Å²) in [6.45, 7) is 8.05. The fourth-order valence-corrected chi connectivity index (χ4v) is 2.50. The van der Waals surface area contributed by atoms with Crippen molar-refractivity contribution in [2.45, 2.75) is 39.5 Å². The van der Waals surface area contributed by atoms with Crippen molar-refractivity contribution in [1.82, 2.24) is 4.90 Å². The molecule has 3 nitrogen and oxygen atoms in total. The first kappa shape index (κ1) is 17.5. The lowest BCUT2D eigenvalue weighted by Gasteiger charge is -2.29. The zero-order chi connectivity index (χ0) is 16.7. The summed E-state index contributed by atoms with van der Waals surface area (Å²) in [7, 11) is 0. The number of nitrogens with zero attached hydrogens (tertiary/aromatic N) is 1. The van der Waals surface area contributed by atoms with Crippen molar-refractivity contribution in [1.29, 1.82) is 0 Å². The standard InChI is InChI=1S/C20H27NO2/c1-16(2)21(13-18-10-5-4-6-11-18)14-19(22)15-23-20-12-8-7-9-17(20)3/h4-12,16,19,22H,13-15H2,1-3H3/t19-/m1/s1. The number of rotatable bonds is 8. The maximum absolute atomic E-state index is 10.3. The molecule has 0 amide bonds. The van der Waals surface area contributed by atoms with E-state index in [1.807, 2.05) is 49.4 Å². The number of aliphatic hydroxyl groups excluding tert-OH is 1. The largest absolute Gasteiger partial charge is 0.491 e. The monoisotopic (exact) mass is 313 g/mol. The van der Waals surface area contributed by atoms with Crippen molar-refractivity contribution < 1.29 is 9.84 Å². The van der Waals surface area contributed by atoms with Crippen LogP contribution in [0.4, 0.5) is 0 Å². The molecule has 0 radical (unpaired) electrons. The average Bonchev–Trinajstić information content (AvgIpc) is 2.54. The van der Waals surface area contributed by atoms with Crippen LogP contribution in [0.3, 0.4) is 0 Å². The third kappa shape index (κ3) is 5.70. The van der Waals surface area contributed by atoms with Crippen molar-refractivity contribution in [3.8, 4) is 5.75 Å². The van der Waals surface area contributed by atoms with Gasteiger partial charge in [0, 0.05) is 19.1 Å². The summed E-state index contributed by atoms with van der Waals surface area (Å²) in [5, 5.41) is 10.3. The number of aryl methyl sites for hydroxylation is 1. The molecule has 0 spiro atoms. The summed E-state index contributed by atoms with van der Waals surface area (Å²) < 4.78 is 5.75. The Morgan fingerprint density at radius 2 is 1.65 bits per heavy atom. The molecular formula is C20H27NO2. The summed E-state index contributed by atoms with van der Waals surface area (Å²) in [5.41, 5.74) is 2.35. The number of aliphatic hydroxyl groups is 1. The molecule has 23 heavy (non-hydrogen) atoms. The van der Waals surface area contributed by atoms with Crippen molar-refractivity contribution in [3.05, 3.63) is 65.7 Å². The SMILES string of the molecule is Cc1ccccc1OC[C@H](O)CN(Cc1ccccc1)C(C)C. The van der Waals surface area contributed by atoms with Crippen molar-refractivity contribution in [2.75, 3.05) is 13.2 Å². The van der Waals surface area contributed by atoms with Crippen LogP contribution in [0.5, 0.6) is 5.75 Å². The van der Waals surface area contributed by atoms with E-state index in [1.54, 1.807) is 0 Å². The number of hydrogen-bond donors (Lipinski definition) is 1. The van der Waals surface area contributed by atoms with Gasteiger partial charge < -0.3 is 9.84 Å². The van der Waals surface area contributed by atoms with Gasteiger partial charge in [-0.2, -0.15) is 0 Å². The molecule has 2 rings (SSSR count). The van der Waals surface area contributed by atoms with Gasteiger partial charge in [0.05, 0.1) is 0 Å². The van der Waals surface area contributed by atoms with Gasteiger partial charge in [-0.15, -0.1) is 0 Å². The number of ether oxygens (including phenoxy) is 1. The van der Waals surface area contributed by atoms with Gasteiger partial charge in [-0.25, -0.2) is 0 Å². The second kappa shape index (κ2) is 8.70. The Labute approximate surface area is 139 Å². The fraction of sp³-hybridized carbons (Fsp3) is 0.400. The lowest BCUT2D eigenvalue weighted by Crippen LogP contribution is -2.39. The fourth-order valence-electron chi connectivity index (χ4n) is 2.50. The van der Waals surface area contributed by atoms with Crippen molar-refractivity contribution >= 4 is 0 Å². The second-order valence-corrected chi connectivity index (χ2v) is 6.24. The van der Waals surface area contributed by atoms with E-state index >= 15 is 0 Å². The van der Waals surface area contributed by atoms with Gasteiger partial charge in [0.1, 0.15) is 18.5 Å². The second-order valence-electron chi connectivity index (χ2n) is 6.24. The van der Waals surface area contributed by atoms with E-state index in [1.165, 1.54) is 5.56 Å². The lowest BCUT2D eigenvalue weighted by molar-refractivity contribution is 0.0541. The molecule has 1 N–H and O–H groups in total. The van der Waals surface area contributed by atoms with Crippen LogP contribution in [-0.4, -0.2) is 35.3 Å². The molecule has 0 bridgehead atoms. The van der Waals surface area contributed by atoms with Crippen molar-refractivity contribution in [2.24, 2.45) is 0 Å². The van der Waals surface area contributed by atoms with E-state index < -0.39 is 6.10 Å². The number of para-hydroxylation sites is 1.